The Labute approximate surface area is 315 Å². The van der Waals surface area contributed by atoms with E-state index in [2.05, 4.69) is 79.1 Å². The van der Waals surface area contributed by atoms with Crippen molar-refractivity contribution >= 4 is 17.9 Å². The SMILES string of the molecule is COC(=O)N[C@H](C(=O)N1CCC[C@H]1c1ncc(-c2ccc(-c3ccc(-c4cnc([C@H]5CCCC[C@H]5C(=O)NCc5cccnc5)[nH]4)cc3)cc2)[nH]1)C(C)C. The van der Waals surface area contributed by atoms with Crippen LogP contribution in [-0.2, 0) is 20.9 Å². The third-order valence-corrected chi connectivity index (χ3v) is 10.8. The maximum Gasteiger partial charge on any atom is 0.407 e. The van der Waals surface area contributed by atoms with E-state index in [0.29, 0.717) is 13.1 Å². The first-order chi connectivity index (χ1) is 26.3. The summed E-state index contributed by atoms with van der Waals surface area (Å²) >= 11 is 0. The van der Waals surface area contributed by atoms with Gasteiger partial charge in [0.25, 0.3) is 0 Å². The Morgan fingerprint density at radius 2 is 1.44 bits per heavy atom. The van der Waals surface area contributed by atoms with Gasteiger partial charge in [-0.25, -0.2) is 14.8 Å². The largest absolute Gasteiger partial charge is 0.453 e. The zero-order valence-corrected chi connectivity index (χ0v) is 31.0. The highest BCUT2D eigenvalue weighted by Crippen LogP contribution is 2.38. The number of rotatable bonds is 11. The second kappa shape index (κ2) is 16.5. The molecule has 7 rings (SSSR count). The van der Waals surface area contributed by atoms with Crippen molar-refractivity contribution in [1.82, 2.24) is 40.5 Å². The first kappa shape index (κ1) is 36.6. The van der Waals surface area contributed by atoms with Crippen molar-refractivity contribution in [2.24, 2.45) is 11.8 Å². The Morgan fingerprint density at radius 3 is 2.07 bits per heavy atom. The number of alkyl carbamates (subject to hydrolysis) is 1. The van der Waals surface area contributed by atoms with Gasteiger partial charge >= 0.3 is 6.09 Å². The number of carbonyl (C=O) groups excluding carboxylic acids is 3. The summed E-state index contributed by atoms with van der Waals surface area (Å²) in [6.07, 6.45) is 12.1. The highest BCUT2D eigenvalue weighted by molar-refractivity contribution is 5.86. The van der Waals surface area contributed by atoms with Crippen LogP contribution in [0.1, 0.15) is 81.5 Å². The number of hydrogen-bond donors (Lipinski definition) is 4. The van der Waals surface area contributed by atoms with E-state index in [-0.39, 0.29) is 35.6 Å². The number of pyridine rings is 1. The summed E-state index contributed by atoms with van der Waals surface area (Å²) < 4.78 is 4.76. The normalized spacial score (nSPS) is 19.0. The minimum absolute atomic E-state index is 0.0531. The van der Waals surface area contributed by atoms with Crippen LogP contribution in [0.5, 0.6) is 0 Å². The van der Waals surface area contributed by atoms with E-state index >= 15 is 0 Å². The number of amides is 3. The predicted molar refractivity (Wildman–Crippen MR) is 206 cm³/mol. The third kappa shape index (κ3) is 8.07. The van der Waals surface area contributed by atoms with Crippen molar-refractivity contribution in [2.75, 3.05) is 13.7 Å². The second-order valence-electron chi connectivity index (χ2n) is 14.6. The summed E-state index contributed by atoms with van der Waals surface area (Å²) in [4.78, 5) is 61.1. The first-order valence-corrected chi connectivity index (χ1v) is 18.9. The molecule has 2 aromatic carbocycles. The van der Waals surface area contributed by atoms with Crippen molar-refractivity contribution in [1.29, 1.82) is 0 Å². The molecule has 5 aromatic rings. The molecule has 1 aliphatic heterocycles. The Bertz CT molecular complexity index is 2040. The molecule has 280 valence electrons. The molecule has 12 nitrogen and oxygen atoms in total. The van der Waals surface area contributed by atoms with Gasteiger partial charge in [0.05, 0.1) is 36.9 Å². The topological polar surface area (TPSA) is 158 Å². The van der Waals surface area contributed by atoms with Gasteiger partial charge in [-0.1, -0.05) is 81.3 Å². The van der Waals surface area contributed by atoms with Gasteiger partial charge in [-0.05, 0) is 65.5 Å². The number of carbonyl (C=O) groups is 3. The highest BCUT2D eigenvalue weighted by atomic mass is 16.5. The lowest BCUT2D eigenvalue weighted by molar-refractivity contribution is -0.135. The molecule has 4 N–H and O–H groups in total. The van der Waals surface area contributed by atoms with Gasteiger partial charge < -0.3 is 30.2 Å². The molecule has 0 spiro atoms. The summed E-state index contributed by atoms with van der Waals surface area (Å²) in [5.74, 6) is 1.39. The van der Waals surface area contributed by atoms with Gasteiger partial charge in [-0.3, -0.25) is 14.6 Å². The fraction of sp³-hybridized carbons (Fsp3) is 0.381. The molecule has 4 atom stereocenters. The van der Waals surface area contributed by atoms with E-state index in [1.54, 1.807) is 12.4 Å². The summed E-state index contributed by atoms with van der Waals surface area (Å²) in [6, 6.07) is 19.7. The number of nitrogens with zero attached hydrogens (tertiary/aromatic N) is 4. The lowest BCUT2D eigenvalue weighted by atomic mass is 9.78. The molecule has 1 saturated heterocycles. The monoisotopic (exact) mass is 728 g/mol. The molecule has 0 unspecified atom stereocenters. The molecule has 2 fully saturated rings. The van der Waals surface area contributed by atoms with Gasteiger partial charge in [0.15, 0.2) is 0 Å². The van der Waals surface area contributed by atoms with E-state index in [4.69, 9.17) is 9.72 Å². The number of hydrogen-bond acceptors (Lipinski definition) is 7. The lowest BCUT2D eigenvalue weighted by Gasteiger charge is -2.30. The first-order valence-electron chi connectivity index (χ1n) is 18.9. The van der Waals surface area contributed by atoms with E-state index < -0.39 is 12.1 Å². The summed E-state index contributed by atoms with van der Waals surface area (Å²) in [5.41, 5.74) is 7.00. The fourth-order valence-electron chi connectivity index (χ4n) is 7.80. The number of likely N-dealkylation sites (tertiary alicyclic amines) is 1. The second-order valence-corrected chi connectivity index (χ2v) is 14.6. The molecule has 12 heteroatoms. The molecule has 54 heavy (non-hydrogen) atoms. The molecule has 0 bridgehead atoms. The summed E-state index contributed by atoms with van der Waals surface area (Å²) in [5, 5.41) is 5.82. The smallest absolute Gasteiger partial charge is 0.407 e. The number of nitrogens with one attached hydrogen (secondary N) is 4. The Kier molecular flexibility index (Phi) is 11.2. The quantitative estimate of drug-likeness (QED) is 0.112. The van der Waals surface area contributed by atoms with Gasteiger partial charge in [0, 0.05) is 37.3 Å². The van der Waals surface area contributed by atoms with Crippen molar-refractivity contribution < 1.29 is 19.1 Å². The molecule has 3 aromatic heterocycles. The molecular weight excluding hydrogens is 681 g/mol. The zero-order valence-electron chi connectivity index (χ0n) is 31.0. The van der Waals surface area contributed by atoms with Crippen molar-refractivity contribution in [2.45, 2.75) is 76.9 Å². The molecule has 1 saturated carbocycles. The number of benzene rings is 2. The van der Waals surface area contributed by atoms with Crippen LogP contribution in [-0.4, -0.2) is 67.4 Å². The van der Waals surface area contributed by atoms with Crippen LogP contribution in [0.3, 0.4) is 0 Å². The van der Waals surface area contributed by atoms with Gasteiger partial charge in [-0.15, -0.1) is 0 Å². The van der Waals surface area contributed by atoms with Crippen LogP contribution < -0.4 is 10.6 Å². The Hall–Kier alpha value is -5.78. The predicted octanol–water partition coefficient (Wildman–Crippen LogP) is 7.16. The zero-order chi connectivity index (χ0) is 37.6. The Balaban J connectivity index is 0.988. The van der Waals surface area contributed by atoms with Gasteiger partial charge in [-0.2, -0.15) is 0 Å². The molecule has 2 aliphatic rings. The highest BCUT2D eigenvalue weighted by Gasteiger charge is 2.38. The van der Waals surface area contributed by atoms with Crippen molar-refractivity contribution in [3.63, 3.8) is 0 Å². The summed E-state index contributed by atoms with van der Waals surface area (Å²) in [6.45, 7) is 4.89. The number of methoxy groups -OCH3 is 1. The standard InChI is InChI=1S/C42H48N8O4/c1-26(2)37(49-42(53)54-3)41(52)50-21-7-11-36(50)39-45-25-35(48-39)31-18-14-29(15-19-31)28-12-16-30(17-13-28)34-24-44-38(47-34)32-9-4-5-10-33(32)40(51)46-23-27-8-6-20-43-22-27/h6,8,12-20,22,24-26,32-33,36-37H,4-5,7,9-11,21,23H2,1-3H3,(H,44,47)(H,45,48)(H,46,51)(H,49,53)/t32-,33+,36-,37-/m0/s1. The van der Waals surface area contributed by atoms with Crippen LogP contribution in [0, 0.1) is 11.8 Å². The van der Waals surface area contributed by atoms with Crippen molar-refractivity contribution in [3.05, 3.63) is 103 Å². The average Bonchev–Trinajstić information content (AvgIpc) is 4.01. The number of aromatic nitrogens is 5. The van der Waals surface area contributed by atoms with Gasteiger partial charge in [0.2, 0.25) is 11.8 Å². The molecule has 3 amide bonds. The molecule has 1 aliphatic carbocycles. The van der Waals surface area contributed by atoms with Crippen LogP contribution >= 0.6 is 0 Å². The van der Waals surface area contributed by atoms with Gasteiger partial charge in [0.1, 0.15) is 17.7 Å². The number of aromatic amines is 2. The van der Waals surface area contributed by atoms with Crippen LogP contribution in [0.15, 0.2) is 85.5 Å². The minimum Gasteiger partial charge on any atom is -0.453 e. The molecular formula is C42H48N8O4. The number of imidazole rings is 2. The minimum atomic E-state index is -0.677. The Morgan fingerprint density at radius 1 is 0.815 bits per heavy atom. The van der Waals surface area contributed by atoms with E-state index in [1.165, 1.54) is 7.11 Å². The van der Waals surface area contributed by atoms with Crippen LogP contribution in [0.25, 0.3) is 33.6 Å². The van der Waals surface area contributed by atoms with Crippen LogP contribution in [0.2, 0.25) is 0 Å². The maximum atomic E-state index is 13.5. The lowest BCUT2D eigenvalue weighted by Crippen LogP contribution is -2.51. The van der Waals surface area contributed by atoms with E-state index in [9.17, 15) is 14.4 Å². The molecule has 4 heterocycles. The van der Waals surface area contributed by atoms with E-state index in [0.717, 1.165) is 89.4 Å². The average molecular weight is 729 g/mol. The van der Waals surface area contributed by atoms with Crippen molar-refractivity contribution in [3.8, 4) is 33.6 Å². The fourth-order valence-corrected chi connectivity index (χ4v) is 7.80. The molecule has 0 radical (unpaired) electrons. The van der Waals surface area contributed by atoms with Crippen LogP contribution in [0.4, 0.5) is 4.79 Å². The maximum absolute atomic E-state index is 13.5. The number of ether oxygens (including phenoxy) is 1. The number of H-pyrrole nitrogens is 2. The third-order valence-electron chi connectivity index (χ3n) is 10.8. The van der Waals surface area contributed by atoms with E-state index in [1.807, 2.05) is 43.3 Å². The summed E-state index contributed by atoms with van der Waals surface area (Å²) in [7, 11) is 1.30.